The fraction of sp³-hybridized carbons (Fsp3) is 0.175. The highest BCUT2D eigenvalue weighted by atomic mass is 15.1. The first-order valence-corrected chi connectivity index (χ1v) is 29.1. The largest absolute Gasteiger partial charge is 0.310 e. The summed E-state index contributed by atoms with van der Waals surface area (Å²) in [7, 11) is 0. The number of anilines is 3. The van der Waals surface area contributed by atoms with Gasteiger partial charge in [0.2, 0.25) is 0 Å². The predicted molar refractivity (Wildman–Crippen MR) is 342 cm³/mol. The van der Waals surface area contributed by atoms with Gasteiger partial charge >= 0.3 is 0 Å². The minimum absolute atomic E-state index is 0.0151. The lowest BCUT2D eigenvalue weighted by molar-refractivity contribution is 0.588. The van der Waals surface area contributed by atoms with Gasteiger partial charge in [0, 0.05) is 27.9 Å². The number of hydrogen-bond acceptors (Lipinski definition) is 1. The molecule has 0 aromatic heterocycles. The molecule has 11 aromatic rings. The Kier molecular flexibility index (Phi) is 11.4. The second kappa shape index (κ2) is 18.4. The number of hydrogen-bond donors (Lipinski definition) is 0. The summed E-state index contributed by atoms with van der Waals surface area (Å²) in [5.74, 6) is 0. The summed E-state index contributed by atoms with van der Waals surface area (Å²) in [5.41, 5.74) is 29.6. The molecule has 0 fully saturated rings. The van der Waals surface area contributed by atoms with Crippen LogP contribution in [0.5, 0.6) is 0 Å². The van der Waals surface area contributed by atoms with Crippen molar-refractivity contribution in [1.29, 1.82) is 0 Å². The van der Waals surface area contributed by atoms with Gasteiger partial charge in [-0.1, -0.05) is 268 Å². The molecule has 394 valence electrons. The van der Waals surface area contributed by atoms with E-state index in [1.165, 1.54) is 117 Å². The molecule has 1 nitrogen and oxygen atoms in total. The van der Waals surface area contributed by atoms with E-state index in [2.05, 4.69) is 322 Å². The SMILES string of the molecule is CC(C)(C)c1ccc(C2(c3ccc(C(C)(C)C)cc3)c3ccccc3-c3ccc(N(c4ccc(-c5ccc6c(c5)C(C)(c5ccccc5)c5ccccc5-6)cc4)c4ccc(-c5cccc6c5C(C)(C)c5ccccc5-6)cc4)cc32)cc1. The van der Waals surface area contributed by atoms with Crippen molar-refractivity contribution < 1.29 is 0 Å². The van der Waals surface area contributed by atoms with Crippen LogP contribution in [0, 0.1) is 0 Å². The zero-order chi connectivity index (χ0) is 55.6. The van der Waals surface area contributed by atoms with E-state index in [1.807, 2.05) is 0 Å². The van der Waals surface area contributed by atoms with Crippen LogP contribution in [-0.2, 0) is 27.1 Å². The predicted octanol–water partition coefficient (Wildman–Crippen LogP) is 21.1. The summed E-state index contributed by atoms with van der Waals surface area (Å²) >= 11 is 0. The first kappa shape index (κ1) is 50.4. The monoisotopic (exact) mass is 1040 g/mol. The summed E-state index contributed by atoms with van der Waals surface area (Å²) in [6.07, 6.45) is 0. The van der Waals surface area contributed by atoms with Gasteiger partial charge < -0.3 is 4.90 Å². The topological polar surface area (TPSA) is 3.24 Å². The Hall–Kier alpha value is -8.78. The van der Waals surface area contributed by atoms with Gasteiger partial charge in [0.05, 0.1) is 5.41 Å². The number of nitrogens with zero attached hydrogens (tertiary/aromatic N) is 1. The molecule has 0 amide bonds. The standard InChI is InChI=1S/C80H69N/c1-76(2,3)55-35-39-58(40-36-55)80(59-41-37-56(38-42-59)77(4,5)6)72-29-18-15-23-65(72)68-49-47-62(51-74(68)80)81(61-45-32-53(33-46-61)63-25-19-26-69-66-24-13-16-27-70(66)78(7,8)75(63)69)60-43-30-52(31-44-60)54-34-48-67-64-22-14-17-28-71(64)79(9,73(67)50-54)57-20-11-10-12-21-57/h10-51H,1-9H3. The normalized spacial score (nSPS) is 16.0. The minimum Gasteiger partial charge on any atom is -0.310 e. The molecule has 0 bridgehead atoms. The molecule has 11 aromatic carbocycles. The van der Waals surface area contributed by atoms with Gasteiger partial charge in [-0.2, -0.15) is 0 Å². The molecular weight excluding hydrogens is 975 g/mol. The fourth-order valence-electron chi connectivity index (χ4n) is 14.5. The maximum absolute atomic E-state index is 2.51. The lowest BCUT2D eigenvalue weighted by Gasteiger charge is -2.36. The lowest BCUT2D eigenvalue weighted by atomic mass is 9.67. The lowest BCUT2D eigenvalue weighted by Crippen LogP contribution is -2.29. The molecule has 1 heteroatoms. The van der Waals surface area contributed by atoms with Crippen LogP contribution in [0.25, 0.3) is 55.6 Å². The van der Waals surface area contributed by atoms with Crippen LogP contribution in [0.2, 0.25) is 0 Å². The molecule has 0 aliphatic heterocycles. The molecule has 0 spiro atoms. The van der Waals surface area contributed by atoms with Crippen LogP contribution < -0.4 is 4.90 Å². The Labute approximate surface area is 480 Å². The molecule has 0 N–H and O–H groups in total. The van der Waals surface area contributed by atoms with Crippen molar-refractivity contribution in [2.45, 2.75) is 89.4 Å². The summed E-state index contributed by atoms with van der Waals surface area (Å²) in [6, 6.07) is 97.1. The number of fused-ring (bicyclic) bond motifs is 9. The van der Waals surface area contributed by atoms with Crippen LogP contribution in [0.4, 0.5) is 17.1 Å². The third-order valence-corrected chi connectivity index (χ3v) is 18.8. The van der Waals surface area contributed by atoms with Crippen LogP contribution in [0.1, 0.15) is 124 Å². The fourth-order valence-corrected chi connectivity index (χ4v) is 14.5. The maximum atomic E-state index is 2.51. The number of benzene rings is 11. The van der Waals surface area contributed by atoms with E-state index in [0.29, 0.717) is 0 Å². The minimum atomic E-state index is -0.590. The molecule has 81 heavy (non-hydrogen) atoms. The van der Waals surface area contributed by atoms with Crippen molar-refractivity contribution >= 4 is 17.1 Å². The van der Waals surface area contributed by atoms with E-state index in [1.54, 1.807) is 0 Å². The summed E-state index contributed by atoms with van der Waals surface area (Å²) in [5, 5.41) is 0. The molecule has 14 rings (SSSR count). The Bertz CT molecular complexity index is 4180. The highest BCUT2D eigenvalue weighted by Crippen LogP contribution is 2.59. The average molecular weight is 1040 g/mol. The quantitative estimate of drug-likeness (QED) is 0.147. The van der Waals surface area contributed by atoms with Crippen LogP contribution >= 0.6 is 0 Å². The zero-order valence-corrected chi connectivity index (χ0v) is 48.2. The number of rotatable bonds is 8. The van der Waals surface area contributed by atoms with Crippen LogP contribution in [0.15, 0.2) is 255 Å². The van der Waals surface area contributed by atoms with Crippen molar-refractivity contribution in [1.82, 2.24) is 0 Å². The summed E-state index contributed by atoms with van der Waals surface area (Å²) in [4.78, 5) is 2.48. The van der Waals surface area contributed by atoms with E-state index >= 15 is 0 Å². The molecular formula is C80H69N. The Morgan fingerprint density at radius 1 is 0.284 bits per heavy atom. The Morgan fingerprint density at radius 3 is 1.31 bits per heavy atom. The van der Waals surface area contributed by atoms with E-state index in [-0.39, 0.29) is 21.7 Å². The van der Waals surface area contributed by atoms with Gasteiger partial charge in [-0.3, -0.25) is 0 Å². The maximum Gasteiger partial charge on any atom is 0.0714 e. The van der Waals surface area contributed by atoms with Crippen LogP contribution in [-0.4, -0.2) is 0 Å². The van der Waals surface area contributed by atoms with Gasteiger partial charge in [-0.25, -0.2) is 0 Å². The van der Waals surface area contributed by atoms with Gasteiger partial charge in [-0.05, 0) is 177 Å². The van der Waals surface area contributed by atoms with Crippen molar-refractivity contribution in [3.05, 3.63) is 316 Å². The zero-order valence-electron chi connectivity index (χ0n) is 48.2. The summed E-state index contributed by atoms with van der Waals surface area (Å²) in [6.45, 7) is 21.0. The van der Waals surface area contributed by atoms with Gasteiger partial charge in [0.15, 0.2) is 0 Å². The van der Waals surface area contributed by atoms with Crippen molar-refractivity contribution in [3.8, 4) is 55.6 Å². The van der Waals surface area contributed by atoms with Gasteiger partial charge in [-0.15, -0.1) is 0 Å². The van der Waals surface area contributed by atoms with E-state index in [9.17, 15) is 0 Å². The van der Waals surface area contributed by atoms with E-state index in [0.717, 1.165) is 17.1 Å². The molecule has 3 aliphatic carbocycles. The average Bonchev–Trinajstić information content (AvgIpc) is 2.96. The van der Waals surface area contributed by atoms with Gasteiger partial charge in [0.1, 0.15) is 0 Å². The third-order valence-electron chi connectivity index (χ3n) is 18.8. The Morgan fingerprint density at radius 2 is 0.716 bits per heavy atom. The van der Waals surface area contributed by atoms with Gasteiger partial charge in [0.25, 0.3) is 0 Å². The summed E-state index contributed by atoms with van der Waals surface area (Å²) < 4.78 is 0. The highest BCUT2D eigenvalue weighted by Gasteiger charge is 2.47. The van der Waals surface area contributed by atoms with Crippen molar-refractivity contribution in [2.24, 2.45) is 0 Å². The first-order chi connectivity index (χ1) is 39.1. The highest BCUT2D eigenvalue weighted by molar-refractivity contribution is 5.92. The molecule has 3 aliphatic rings. The van der Waals surface area contributed by atoms with Crippen molar-refractivity contribution in [3.63, 3.8) is 0 Å². The van der Waals surface area contributed by atoms with E-state index in [4.69, 9.17) is 0 Å². The molecule has 0 saturated heterocycles. The Balaban J connectivity index is 0.940. The molecule has 0 heterocycles. The first-order valence-electron chi connectivity index (χ1n) is 29.1. The molecule has 1 unspecified atom stereocenters. The second-order valence-electron chi connectivity index (χ2n) is 25.8. The smallest absolute Gasteiger partial charge is 0.0714 e. The molecule has 0 saturated carbocycles. The third kappa shape index (κ3) is 7.72. The van der Waals surface area contributed by atoms with Crippen LogP contribution in [0.3, 0.4) is 0 Å². The van der Waals surface area contributed by atoms with E-state index < -0.39 is 5.41 Å². The molecule has 1 atom stereocenters. The second-order valence-corrected chi connectivity index (χ2v) is 25.8. The van der Waals surface area contributed by atoms with Crippen molar-refractivity contribution in [2.75, 3.05) is 4.90 Å². The molecule has 0 radical (unpaired) electrons.